The molecule has 0 aliphatic carbocycles. The number of hydrogen-bond acceptors (Lipinski definition) is 5. The number of methoxy groups -OCH3 is 2. The molecular formula is C15H18N2O3. The van der Waals surface area contributed by atoms with E-state index in [9.17, 15) is 0 Å². The highest BCUT2D eigenvalue weighted by molar-refractivity contribution is 5.51. The highest BCUT2D eigenvalue weighted by Crippen LogP contribution is 2.29. The maximum Gasteiger partial charge on any atom is 0.162 e. The first-order chi connectivity index (χ1) is 9.62. The molecule has 0 atom stereocenters. The molecule has 0 radical (unpaired) electrons. The van der Waals surface area contributed by atoms with E-state index in [4.69, 9.17) is 19.9 Å². The number of anilines is 1. The maximum absolute atomic E-state index is 5.72. The van der Waals surface area contributed by atoms with Gasteiger partial charge in [0.25, 0.3) is 0 Å². The second kappa shape index (κ2) is 6.14. The van der Waals surface area contributed by atoms with Gasteiger partial charge in [0.2, 0.25) is 0 Å². The zero-order valence-electron chi connectivity index (χ0n) is 11.8. The van der Waals surface area contributed by atoms with Gasteiger partial charge < -0.3 is 19.9 Å². The van der Waals surface area contributed by atoms with E-state index < -0.39 is 0 Å². The van der Waals surface area contributed by atoms with Gasteiger partial charge in [0.1, 0.15) is 12.4 Å². The molecule has 2 rings (SSSR count). The Morgan fingerprint density at radius 1 is 1.05 bits per heavy atom. The summed E-state index contributed by atoms with van der Waals surface area (Å²) < 4.78 is 16.2. The zero-order chi connectivity index (χ0) is 14.5. The van der Waals surface area contributed by atoms with E-state index >= 15 is 0 Å². The summed E-state index contributed by atoms with van der Waals surface area (Å²) in [4.78, 5) is 4.40. The molecule has 20 heavy (non-hydrogen) atoms. The average molecular weight is 274 g/mol. The summed E-state index contributed by atoms with van der Waals surface area (Å²) in [6.45, 7) is 2.24. The molecule has 0 spiro atoms. The minimum atomic E-state index is 0.332. The van der Waals surface area contributed by atoms with Crippen LogP contribution in [0.15, 0.2) is 30.3 Å². The zero-order valence-corrected chi connectivity index (χ0v) is 11.8. The van der Waals surface area contributed by atoms with Gasteiger partial charge in [-0.2, -0.15) is 0 Å². The fourth-order valence-corrected chi connectivity index (χ4v) is 1.85. The van der Waals surface area contributed by atoms with Crippen LogP contribution in [-0.4, -0.2) is 19.2 Å². The summed E-state index contributed by atoms with van der Waals surface area (Å²) in [7, 11) is 3.21. The van der Waals surface area contributed by atoms with Crippen LogP contribution in [0, 0.1) is 6.92 Å². The van der Waals surface area contributed by atoms with Crippen molar-refractivity contribution in [3.63, 3.8) is 0 Å². The Balaban J connectivity index is 2.14. The molecule has 1 aromatic heterocycles. The number of ether oxygens (including phenoxy) is 3. The lowest BCUT2D eigenvalue weighted by atomic mass is 10.2. The number of nitrogens with zero attached hydrogens (tertiary/aromatic N) is 1. The first-order valence-corrected chi connectivity index (χ1v) is 6.20. The predicted octanol–water partition coefficient (Wildman–Crippen LogP) is 2.57. The van der Waals surface area contributed by atoms with Gasteiger partial charge in [-0.05, 0) is 19.1 Å². The number of benzene rings is 1. The number of aryl methyl sites for hydroxylation is 1. The molecule has 0 bridgehead atoms. The number of hydrogen-bond donors (Lipinski definition) is 1. The van der Waals surface area contributed by atoms with Crippen molar-refractivity contribution in [3.05, 3.63) is 41.7 Å². The van der Waals surface area contributed by atoms with Gasteiger partial charge in [0.05, 0.1) is 19.9 Å². The predicted molar refractivity (Wildman–Crippen MR) is 77.3 cm³/mol. The van der Waals surface area contributed by atoms with Crippen LogP contribution in [0.4, 0.5) is 5.69 Å². The Morgan fingerprint density at radius 3 is 2.55 bits per heavy atom. The van der Waals surface area contributed by atoms with Crippen molar-refractivity contribution in [1.82, 2.24) is 4.98 Å². The van der Waals surface area contributed by atoms with Crippen LogP contribution >= 0.6 is 0 Å². The number of aromatic nitrogens is 1. The summed E-state index contributed by atoms with van der Waals surface area (Å²) in [6, 6.07) is 8.98. The third-order valence-electron chi connectivity index (χ3n) is 2.78. The third kappa shape index (κ3) is 3.32. The Morgan fingerprint density at radius 2 is 1.85 bits per heavy atom. The van der Waals surface area contributed by atoms with E-state index in [1.54, 1.807) is 32.4 Å². The van der Waals surface area contributed by atoms with Gasteiger partial charge in [0.15, 0.2) is 11.5 Å². The average Bonchev–Trinajstić information content (AvgIpc) is 2.45. The van der Waals surface area contributed by atoms with Crippen LogP contribution < -0.4 is 19.9 Å². The minimum Gasteiger partial charge on any atom is -0.497 e. The molecule has 2 N–H and O–H groups in total. The standard InChI is InChI=1S/C15H18N2O3/c1-10-6-13(18-2)8-12(17-10)9-20-14-5-4-11(16)7-15(14)19-3/h4-8H,9,16H2,1-3H3. The van der Waals surface area contributed by atoms with Crippen LogP contribution in [0.2, 0.25) is 0 Å². The largest absolute Gasteiger partial charge is 0.497 e. The third-order valence-corrected chi connectivity index (χ3v) is 2.78. The molecular weight excluding hydrogens is 256 g/mol. The van der Waals surface area contributed by atoms with Crippen molar-refractivity contribution < 1.29 is 14.2 Å². The van der Waals surface area contributed by atoms with E-state index in [0.29, 0.717) is 23.8 Å². The molecule has 0 fully saturated rings. The molecule has 2 aromatic rings. The quantitative estimate of drug-likeness (QED) is 0.849. The van der Waals surface area contributed by atoms with Crippen molar-refractivity contribution in [1.29, 1.82) is 0 Å². The molecule has 106 valence electrons. The highest BCUT2D eigenvalue weighted by atomic mass is 16.5. The molecule has 5 nitrogen and oxygen atoms in total. The monoisotopic (exact) mass is 274 g/mol. The number of rotatable bonds is 5. The van der Waals surface area contributed by atoms with Gasteiger partial charge >= 0.3 is 0 Å². The number of nitrogens with two attached hydrogens (primary N) is 1. The summed E-state index contributed by atoms with van der Waals surface area (Å²) in [5.74, 6) is 1.99. The topological polar surface area (TPSA) is 66.6 Å². The van der Waals surface area contributed by atoms with Crippen molar-refractivity contribution in [2.24, 2.45) is 0 Å². The van der Waals surface area contributed by atoms with E-state index in [0.717, 1.165) is 17.1 Å². The molecule has 1 aromatic carbocycles. The van der Waals surface area contributed by atoms with Crippen molar-refractivity contribution in [3.8, 4) is 17.2 Å². The molecule has 0 unspecified atom stereocenters. The van der Waals surface area contributed by atoms with Crippen LogP contribution in [-0.2, 0) is 6.61 Å². The summed E-state index contributed by atoms with van der Waals surface area (Å²) in [5, 5.41) is 0. The van der Waals surface area contributed by atoms with Crippen LogP contribution in [0.3, 0.4) is 0 Å². The normalized spacial score (nSPS) is 10.2. The summed E-state index contributed by atoms with van der Waals surface area (Å²) in [5.41, 5.74) is 8.01. The SMILES string of the molecule is COc1cc(C)nc(COc2ccc(N)cc2OC)c1. The number of pyridine rings is 1. The first kappa shape index (κ1) is 14.0. The minimum absolute atomic E-state index is 0.332. The van der Waals surface area contributed by atoms with Gasteiger partial charge in [-0.25, -0.2) is 0 Å². The summed E-state index contributed by atoms with van der Waals surface area (Å²) >= 11 is 0. The lowest BCUT2D eigenvalue weighted by Crippen LogP contribution is -2.02. The molecule has 0 aliphatic rings. The van der Waals surface area contributed by atoms with Crippen molar-refractivity contribution in [2.45, 2.75) is 13.5 Å². The van der Waals surface area contributed by atoms with Crippen LogP contribution in [0.1, 0.15) is 11.4 Å². The van der Waals surface area contributed by atoms with Crippen LogP contribution in [0.25, 0.3) is 0 Å². The fourth-order valence-electron chi connectivity index (χ4n) is 1.85. The van der Waals surface area contributed by atoms with E-state index in [1.807, 2.05) is 19.1 Å². The van der Waals surface area contributed by atoms with Crippen molar-refractivity contribution >= 4 is 5.69 Å². The highest BCUT2D eigenvalue weighted by Gasteiger charge is 2.07. The fraction of sp³-hybridized carbons (Fsp3) is 0.267. The Kier molecular flexibility index (Phi) is 4.30. The molecule has 0 aliphatic heterocycles. The first-order valence-electron chi connectivity index (χ1n) is 6.20. The van der Waals surface area contributed by atoms with E-state index in [2.05, 4.69) is 4.98 Å². The Labute approximate surface area is 118 Å². The molecule has 5 heteroatoms. The van der Waals surface area contributed by atoms with E-state index in [-0.39, 0.29) is 0 Å². The Bertz CT molecular complexity index is 600. The van der Waals surface area contributed by atoms with Gasteiger partial charge in [-0.3, -0.25) is 4.98 Å². The number of nitrogen functional groups attached to an aromatic ring is 1. The second-order valence-corrected chi connectivity index (χ2v) is 4.34. The molecule has 1 heterocycles. The van der Waals surface area contributed by atoms with Gasteiger partial charge in [-0.1, -0.05) is 0 Å². The second-order valence-electron chi connectivity index (χ2n) is 4.34. The lowest BCUT2D eigenvalue weighted by Gasteiger charge is -2.11. The van der Waals surface area contributed by atoms with Crippen molar-refractivity contribution in [2.75, 3.05) is 20.0 Å². The Hall–Kier alpha value is -2.43. The lowest BCUT2D eigenvalue weighted by molar-refractivity contribution is 0.280. The molecule has 0 amide bonds. The van der Waals surface area contributed by atoms with Crippen LogP contribution in [0.5, 0.6) is 17.2 Å². The molecule has 0 saturated heterocycles. The van der Waals surface area contributed by atoms with E-state index in [1.165, 1.54) is 0 Å². The summed E-state index contributed by atoms with van der Waals surface area (Å²) in [6.07, 6.45) is 0. The molecule has 0 saturated carbocycles. The van der Waals surface area contributed by atoms with Gasteiger partial charge in [0, 0.05) is 29.6 Å². The van der Waals surface area contributed by atoms with Gasteiger partial charge in [-0.15, -0.1) is 0 Å². The smallest absolute Gasteiger partial charge is 0.162 e. The maximum atomic E-state index is 5.72.